The summed E-state index contributed by atoms with van der Waals surface area (Å²) in [6, 6.07) is 22.3. The van der Waals surface area contributed by atoms with E-state index in [1.165, 1.54) is 5.39 Å². The number of rotatable bonds is 3. The highest BCUT2D eigenvalue weighted by Gasteiger charge is 2.19. The fraction of sp³-hybridized carbons (Fsp3) is 0.174. The van der Waals surface area contributed by atoms with Crippen molar-refractivity contribution in [3.05, 3.63) is 83.4 Å². The van der Waals surface area contributed by atoms with Crippen molar-refractivity contribution in [3.63, 3.8) is 0 Å². The van der Waals surface area contributed by atoms with Crippen LogP contribution in [0.25, 0.3) is 16.8 Å². The Balaban J connectivity index is 1.41. The molecule has 0 radical (unpaired) electrons. The van der Waals surface area contributed by atoms with Crippen LogP contribution in [0.4, 0.5) is 5.69 Å². The summed E-state index contributed by atoms with van der Waals surface area (Å²) in [6.45, 7) is 3.05. The molecule has 0 bridgehead atoms. The number of benzene rings is 3. The molecule has 3 aromatic carbocycles. The quantitative estimate of drug-likeness (QED) is 0.610. The summed E-state index contributed by atoms with van der Waals surface area (Å²) < 4.78 is 0. The van der Waals surface area contributed by atoms with Crippen LogP contribution in [0, 0.1) is 0 Å². The molecular formula is C23H21ClN2O. The van der Waals surface area contributed by atoms with Crippen LogP contribution in [0.1, 0.15) is 5.56 Å². The number of carbonyl (C=O) groups is 1. The summed E-state index contributed by atoms with van der Waals surface area (Å²) in [4.78, 5) is 16.8. The Morgan fingerprint density at radius 3 is 2.44 bits per heavy atom. The first-order valence-electron chi connectivity index (χ1n) is 9.16. The van der Waals surface area contributed by atoms with Gasteiger partial charge in [-0.25, -0.2) is 0 Å². The summed E-state index contributed by atoms with van der Waals surface area (Å²) in [6.07, 6.45) is 3.62. The van der Waals surface area contributed by atoms with Crippen LogP contribution in [0.5, 0.6) is 0 Å². The molecule has 0 N–H and O–H groups in total. The third-order valence-electron chi connectivity index (χ3n) is 4.99. The van der Waals surface area contributed by atoms with E-state index in [9.17, 15) is 4.79 Å². The van der Waals surface area contributed by atoms with Gasteiger partial charge in [0.25, 0.3) is 0 Å². The largest absolute Gasteiger partial charge is 0.368 e. The molecule has 1 heterocycles. The molecule has 1 amide bonds. The van der Waals surface area contributed by atoms with Crippen LogP contribution >= 0.6 is 11.6 Å². The zero-order valence-electron chi connectivity index (χ0n) is 15.0. The molecule has 0 unspecified atom stereocenters. The van der Waals surface area contributed by atoms with Gasteiger partial charge in [0, 0.05) is 43.0 Å². The van der Waals surface area contributed by atoms with Crippen molar-refractivity contribution in [1.82, 2.24) is 4.90 Å². The maximum atomic E-state index is 12.6. The number of amides is 1. The number of nitrogens with zero attached hydrogens (tertiary/aromatic N) is 2. The first kappa shape index (κ1) is 17.6. The van der Waals surface area contributed by atoms with E-state index < -0.39 is 0 Å². The Morgan fingerprint density at radius 2 is 1.63 bits per heavy atom. The van der Waals surface area contributed by atoms with Gasteiger partial charge in [-0.15, -0.1) is 0 Å². The van der Waals surface area contributed by atoms with Crippen LogP contribution in [-0.4, -0.2) is 37.0 Å². The molecule has 4 heteroatoms. The van der Waals surface area contributed by atoms with Crippen molar-refractivity contribution in [2.75, 3.05) is 31.1 Å². The highest BCUT2D eigenvalue weighted by molar-refractivity contribution is 6.30. The average molecular weight is 377 g/mol. The third kappa shape index (κ3) is 3.99. The van der Waals surface area contributed by atoms with E-state index in [1.807, 2.05) is 53.4 Å². The topological polar surface area (TPSA) is 23.6 Å². The molecule has 3 nitrogen and oxygen atoms in total. The number of hydrogen-bond acceptors (Lipinski definition) is 2. The average Bonchev–Trinajstić information content (AvgIpc) is 2.72. The number of hydrogen-bond donors (Lipinski definition) is 0. The lowest BCUT2D eigenvalue weighted by molar-refractivity contribution is -0.126. The van der Waals surface area contributed by atoms with Gasteiger partial charge in [0.1, 0.15) is 0 Å². The SMILES string of the molecule is O=C(/C=C/c1cccc2ccccc12)N1CCN(c2cccc(Cl)c2)CC1. The van der Waals surface area contributed by atoms with Gasteiger partial charge in [0.15, 0.2) is 0 Å². The van der Waals surface area contributed by atoms with Gasteiger partial charge in [0.2, 0.25) is 5.91 Å². The second kappa shape index (κ2) is 7.85. The molecule has 1 saturated heterocycles. The lowest BCUT2D eigenvalue weighted by atomic mass is 10.0. The Kier molecular flexibility index (Phi) is 5.12. The molecule has 3 aromatic rings. The summed E-state index contributed by atoms with van der Waals surface area (Å²) in [5.41, 5.74) is 2.18. The second-order valence-electron chi connectivity index (χ2n) is 6.69. The fourth-order valence-corrected chi connectivity index (χ4v) is 3.70. The fourth-order valence-electron chi connectivity index (χ4n) is 3.52. The summed E-state index contributed by atoms with van der Waals surface area (Å²) in [5, 5.41) is 3.08. The molecule has 1 aliphatic heterocycles. The Hall–Kier alpha value is -2.78. The lowest BCUT2D eigenvalue weighted by Crippen LogP contribution is -2.48. The van der Waals surface area contributed by atoms with Crippen molar-refractivity contribution in [2.45, 2.75) is 0 Å². The monoisotopic (exact) mass is 376 g/mol. The smallest absolute Gasteiger partial charge is 0.246 e. The predicted molar refractivity (Wildman–Crippen MR) is 113 cm³/mol. The molecule has 0 saturated carbocycles. The second-order valence-corrected chi connectivity index (χ2v) is 7.13. The van der Waals surface area contributed by atoms with Gasteiger partial charge in [0.05, 0.1) is 0 Å². The molecule has 4 rings (SSSR count). The third-order valence-corrected chi connectivity index (χ3v) is 5.23. The van der Waals surface area contributed by atoms with Gasteiger partial charge >= 0.3 is 0 Å². The van der Waals surface area contributed by atoms with Crippen LogP contribution < -0.4 is 4.90 Å². The standard InChI is InChI=1S/C23H21ClN2O/c24-20-8-4-9-21(17-20)25-13-15-26(16-14-25)23(27)12-11-19-7-3-6-18-5-1-2-10-22(18)19/h1-12,17H,13-16H2/b12-11+. The van der Waals surface area contributed by atoms with E-state index in [-0.39, 0.29) is 5.91 Å². The van der Waals surface area contributed by atoms with E-state index in [4.69, 9.17) is 11.6 Å². The molecular weight excluding hydrogens is 356 g/mol. The highest BCUT2D eigenvalue weighted by atomic mass is 35.5. The normalized spacial score (nSPS) is 14.9. The van der Waals surface area contributed by atoms with Crippen LogP contribution in [0.3, 0.4) is 0 Å². The number of halogens is 1. The molecule has 136 valence electrons. The number of anilines is 1. The maximum absolute atomic E-state index is 12.6. The van der Waals surface area contributed by atoms with Crippen molar-refractivity contribution < 1.29 is 4.79 Å². The van der Waals surface area contributed by atoms with E-state index >= 15 is 0 Å². The van der Waals surface area contributed by atoms with Crippen molar-refractivity contribution in [2.24, 2.45) is 0 Å². The first-order valence-corrected chi connectivity index (χ1v) is 9.54. The minimum atomic E-state index is 0.0636. The predicted octanol–water partition coefficient (Wildman–Crippen LogP) is 4.86. The van der Waals surface area contributed by atoms with E-state index in [1.54, 1.807) is 6.08 Å². The van der Waals surface area contributed by atoms with Crippen molar-refractivity contribution in [3.8, 4) is 0 Å². The van der Waals surface area contributed by atoms with Gasteiger partial charge in [-0.2, -0.15) is 0 Å². The highest BCUT2D eigenvalue weighted by Crippen LogP contribution is 2.22. The summed E-state index contributed by atoms with van der Waals surface area (Å²) >= 11 is 6.08. The minimum absolute atomic E-state index is 0.0636. The number of carbonyl (C=O) groups excluding carboxylic acids is 1. The van der Waals surface area contributed by atoms with E-state index in [0.717, 1.165) is 34.7 Å². The zero-order chi connectivity index (χ0) is 18.6. The molecule has 0 spiro atoms. The van der Waals surface area contributed by atoms with Gasteiger partial charge in [-0.3, -0.25) is 4.79 Å². The van der Waals surface area contributed by atoms with Gasteiger partial charge in [-0.1, -0.05) is 60.1 Å². The Morgan fingerprint density at radius 1 is 0.889 bits per heavy atom. The lowest BCUT2D eigenvalue weighted by Gasteiger charge is -2.35. The molecule has 0 aliphatic carbocycles. The maximum Gasteiger partial charge on any atom is 0.246 e. The molecule has 1 fully saturated rings. The number of fused-ring (bicyclic) bond motifs is 1. The molecule has 1 aliphatic rings. The van der Waals surface area contributed by atoms with E-state index in [0.29, 0.717) is 13.1 Å². The van der Waals surface area contributed by atoms with Crippen molar-refractivity contribution in [1.29, 1.82) is 0 Å². The summed E-state index contributed by atoms with van der Waals surface area (Å²) in [5.74, 6) is 0.0636. The Labute approximate surface area is 164 Å². The number of piperazine rings is 1. The Bertz CT molecular complexity index is 985. The first-order chi connectivity index (χ1) is 13.2. The van der Waals surface area contributed by atoms with Crippen LogP contribution in [0.2, 0.25) is 5.02 Å². The summed E-state index contributed by atoms with van der Waals surface area (Å²) in [7, 11) is 0. The minimum Gasteiger partial charge on any atom is -0.368 e. The zero-order valence-corrected chi connectivity index (χ0v) is 15.8. The van der Waals surface area contributed by atoms with E-state index in [2.05, 4.69) is 29.2 Å². The molecule has 27 heavy (non-hydrogen) atoms. The van der Waals surface area contributed by atoms with Gasteiger partial charge in [-0.05, 0) is 40.6 Å². The molecule has 0 aromatic heterocycles. The van der Waals surface area contributed by atoms with Crippen LogP contribution in [0.15, 0.2) is 72.8 Å². The van der Waals surface area contributed by atoms with Crippen LogP contribution in [-0.2, 0) is 4.79 Å². The van der Waals surface area contributed by atoms with Gasteiger partial charge < -0.3 is 9.80 Å². The molecule has 0 atom stereocenters. The van der Waals surface area contributed by atoms with Crippen molar-refractivity contribution >= 4 is 40.0 Å².